The van der Waals surface area contributed by atoms with E-state index in [0.29, 0.717) is 5.92 Å². The van der Waals surface area contributed by atoms with Gasteiger partial charge >= 0.3 is 0 Å². The number of hydrogen-bond acceptors (Lipinski definition) is 4. The van der Waals surface area contributed by atoms with E-state index in [0.717, 1.165) is 25.9 Å². The Morgan fingerprint density at radius 2 is 2.20 bits per heavy atom. The predicted octanol–water partition coefficient (Wildman–Crippen LogP) is 2.07. The Hall–Kier alpha value is -1.91. The molecule has 5 nitrogen and oxygen atoms in total. The molecule has 2 aromatic rings. The van der Waals surface area contributed by atoms with Gasteiger partial charge in [0, 0.05) is 42.2 Å². The van der Waals surface area contributed by atoms with Crippen molar-refractivity contribution >= 4 is 5.82 Å². The molecular formula is C15H19N5. The van der Waals surface area contributed by atoms with Gasteiger partial charge in [-0.1, -0.05) is 0 Å². The molecule has 3 heterocycles. The zero-order valence-electron chi connectivity index (χ0n) is 11.5. The summed E-state index contributed by atoms with van der Waals surface area (Å²) >= 11 is 0. The fourth-order valence-electron chi connectivity index (χ4n) is 3.53. The number of piperidine rings is 1. The van der Waals surface area contributed by atoms with Gasteiger partial charge in [-0.3, -0.25) is 5.10 Å². The largest absolute Gasteiger partial charge is 0.356 e. The lowest BCUT2D eigenvalue weighted by Crippen LogP contribution is -2.35. The van der Waals surface area contributed by atoms with E-state index in [1.165, 1.54) is 42.0 Å². The van der Waals surface area contributed by atoms with Crippen molar-refractivity contribution in [2.45, 2.75) is 38.0 Å². The van der Waals surface area contributed by atoms with Crippen LogP contribution in [0.3, 0.4) is 0 Å². The third-order valence-corrected chi connectivity index (χ3v) is 4.54. The SMILES string of the molecule is c1cc(C2CCCN(c3ncnc4c3CCC4)C2)[nH]n1. The molecule has 0 aromatic carbocycles. The summed E-state index contributed by atoms with van der Waals surface area (Å²) in [6, 6.07) is 2.10. The molecule has 1 aliphatic carbocycles. The Bertz CT molecular complexity index is 592. The number of aromatic nitrogens is 4. The van der Waals surface area contributed by atoms with Gasteiger partial charge in [-0.05, 0) is 38.2 Å². The molecule has 1 N–H and O–H groups in total. The van der Waals surface area contributed by atoms with Gasteiger partial charge in [-0.25, -0.2) is 9.97 Å². The summed E-state index contributed by atoms with van der Waals surface area (Å²) in [5.74, 6) is 1.72. The number of hydrogen-bond donors (Lipinski definition) is 1. The van der Waals surface area contributed by atoms with Crippen LogP contribution in [0.15, 0.2) is 18.6 Å². The minimum Gasteiger partial charge on any atom is -0.356 e. The van der Waals surface area contributed by atoms with E-state index in [1.54, 1.807) is 6.33 Å². The second-order valence-corrected chi connectivity index (χ2v) is 5.77. The zero-order valence-corrected chi connectivity index (χ0v) is 11.5. The Morgan fingerprint density at radius 3 is 3.10 bits per heavy atom. The molecule has 20 heavy (non-hydrogen) atoms. The van der Waals surface area contributed by atoms with Gasteiger partial charge in [0.05, 0.1) is 0 Å². The van der Waals surface area contributed by atoms with Gasteiger partial charge in [0.2, 0.25) is 0 Å². The quantitative estimate of drug-likeness (QED) is 0.906. The minimum atomic E-state index is 0.540. The first-order valence-corrected chi connectivity index (χ1v) is 7.49. The first-order chi connectivity index (χ1) is 9.92. The van der Waals surface area contributed by atoms with Crippen LogP contribution in [0, 0.1) is 0 Å². The summed E-state index contributed by atoms with van der Waals surface area (Å²) in [5.41, 5.74) is 3.90. The molecule has 1 unspecified atom stereocenters. The van der Waals surface area contributed by atoms with Crippen LogP contribution < -0.4 is 4.90 Å². The van der Waals surface area contributed by atoms with Gasteiger partial charge in [0.15, 0.2) is 0 Å². The molecule has 0 radical (unpaired) electrons. The first kappa shape index (κ1) is 11.9. The van der Waals surface area contributed by atoms with Gasteiger partial charge in [0.25, 0.3) is 0 Å². The topological polar surface area (TPSA) is 57.7 Å². The van der Waals surface area contributed by atoms with Crippen molar-refractivity contribution in [3.63, 3.8) is 0 Å². The second kappa shape index (κ2) is 4.89. The molecule has 1 atom stereocenters. The normalized spacial score (nSPS) is 22.0. The third kappa shape index (κ3) is 1.97. The van der Waals surface area contributed by atoms with Crippen LogP contribution in [0.4, 0.5) is 5.82 Å². The number of nitrogens with zero attached hydrogens (tertiary/aromatic N) is 4. The van der Waals surface area contributed by atoms with E-state index in [2.05, 4.69) is 31.1 Å². The second-order valence-electron chi connectivity index (χ2n) is 5.77. The summed E-state index contributed by atoms with van der Waals surface area (Å²) in [6.45, 7) is 2.14. The Labute approximate surface area is 118 Å². The molecule has 0 saturated carbocycles. The molecule has 104 valence electrons. The summed E-state index contributed by atoms with van der Waals surface area (Å²) in [6.07, 6.45) is 9.49. The summed E-state index contributed by atoms with van der Waals surface area (Å²) in [5, 5.41) is 7.21. The molecule has 0 amide bonds. The molecule has 0 bridgehead atoms. The molecule has 5 heteroatoms. The van der Waals surface area contributed by atoms with Crippen LogP contribution in [0.1, 0.15) is 42.1 Å². The average molecular weight is 269 g/mol. The standard InChI is InChI=1S/C15H19N5/c1-4-12-14(5-1)16-10-17-15(12)20-8-2-3-11(9-20)13-6-7-18-19-13/h6-7,10-11H,1-5,8-9H2,(H,18,19). The van der Waals surface area contributed by atoms with Gasteiger partial charge in [-0.2, -0.15) is 5.10 Å². The molecule has 0 spiro atoms. The number of aryl methyl sites for hydroxylation is 1. The fraction of sp³-hybridized carbons (Fsp3) is 0.533. The highest BCUT2D eigenvalue weighted by atomic mass is 15.2. The Morgan fingerprint density at radius 1 is 1.20 bits per heavy atom. The maximum atomic E-state index is 4.58. The maximum absolute atomic E-state index is 4.58. The number of aromatic amines is 1. The van der Waals surface area contributed by atoms with E-state index in [1.807, 2.05) is 6.20 Å². The highest BCUT2D eigenvalue weighted by Crippen LogP contribution is 2.32. The van der Waals surface area contributed by atoms with Crippen molar-refractivity contribution < 1.29 is 0 Å². The van der Waals surface area contributed by atoms with E-state index < -0.39 is 0 Å². The van der Waals surface area contributed by atoms with Gasteiger partial charge in [-0.15, -0.1) is 0 Å². The Kier molecular flexibility index (Phi) is 2.90. The van der Waals surface area contributed by atoms with Crippen molar-refractivity contribution in [1.29, 1.82) is 0 Å². The lowest BCUT2D eigenvalue weighted by molar-refractivity contribution is 0.497. The van der Waals surface area contributed by atoms with Crippen LogP contribution in [-0.4, -0.2) is 33.3 Å². The smallest absolute Gasteiger partial charge is 0.135 e. The van der Waals surface area contributed by atoms with Gasteiger partial charge < -0.3 is 4.90 Å². The monoisotopic (exact) mass is 269 g/mol. The van der Waals surface area contributed by atoms with Crippen molar-refractivity contribution in [2.75, 3.05) is 18.0 Å². The summed E-state index contributed by atoms with van der Waals surface area (Å²) in [7, 11) is 0. The van der Waals surface area contributed by atoms with E-state index >= 15 is 0 Å². The van der Waals surface area contributed by atoms with Crippen molar-refractivity contribution in [1.82, 2.24) is 20.2 Å². The zero-order chi connectivity index (χ0) is 13.4. The molecule has 1 fully saturated rings. The molecule has 1 aliphatic heterocycles. The minimum absolute atomic E-state index is 0.540. The van der Waals surface area contributed by atoms with Crippen LogP contribution in [-0.2, 0) is 12.8 Å². The molecule has 2 aliphatic rings. The van der Waals surface area contributed by atoms with Gasteiger partial charge in [0.1, 0.15) is 12.1 Å². The Balaban J connectivity index is 1.61. The maximum Gasteiger partial charge on any atom is 0.135 e. The van der Waals surface area contributed by atoms with Crippen LogP contribution in [0.5, 0.6) is 0 Å². The number of rotatable bonds is 2. The summed E-state index contributed by atoms with van der Waals surface area (Å²) < 4.78 is 0. The fourth-order valence-corrected chi connectivity index (χ4v) is 3.53. The van der Waals surface area contributed by atoms with E-state index in [9.17, 15) is 0 Å². The molecule has 1 saturated heterocycles. The highest BCUT2D eigenvalue weighted by molar-refractivity contribution is 5.51. The predicted molar refractivity (Wildman–Crippen MR) is 76.8 cm³/mol. The molecule has 2 aromatic heterocycles. The van der Waals surface area contributed by atoms with Crippen molar-refractivity contribution in [3.8, 4) is 0 Å². The number of nitrogens with one attached hydrogen (secondary N) is 1. The van der Waals surface area contributed by atoms with Crippen LogP contribution in [0.2, 0.25) is 0 Å². The number of fused-ring (bicyclic) bond motifs is 1. The number of anilines is 1. The third-order valence-electron chi connectivity index (χ3n) is 4.54. The summed E-state index contributed by atoms with van der Waals surface area (Å²) in [4.78, 5) is 11.5. The lowest BCUT2D eigenvalue weighted by atomic mass is 9.94. The van der Waals surface area contributed by atoms with Crippen molar-refractivity contribution in [3.05, 3.63) is 35.5 Å². The van der Waals surface area contributed by atoms with Crippen LogP contribution in [0.25, 0.3) is 0 Å². The first-order valence-electron chi connectivity index (χ1n) is 7.49. The van der Waals surface area contributed by atoms with Crippen molar-refractivity contribution in [2.24, 2.45) is 0 Å². The van der Waals surface area contributed by atoms with E-state index in [4.69, 9.17) is 0 Å². The average Bonchev–Trinajstić information content (AvgIpc) is 3.18. The number of H-pyrrole nitrogens is 1. The van der Waals surface area contributed by atoms with Crippen LogP contribution >= 0.6 is 0 Å². The highest BCUT2D eigenvalue weighted by Gasteiger charge is 2.27. The molecular weight excluding hydrogens is 250 g/mol. The van der Waals surface area contributed by atoms with E-state index in [-0.39, 0.29) is 0 Å². The molecule has 4 rings (SSSR count). The lowest BCUT2D eigenvalue weighted by Gasteiger charge is -2.34.